The van der Waals surface area contributed by atoms with Crippen LogP contribution < -0.4 is 4.74 Å². The average molecular weight is 249 g/mol. The van der Waals surface area contributed by atoms with Crippen LogP contribution in [0.15, 0.2) is 29.3 Å². The molecular formula is C14H19NO3. The first-order chi connectivity index (χ1) is 8.52. The van der Waals surface area contributed by atoms with Gasteiger partial charge in [0.25, 0.3) is 0 Å². The molecule has 0 radical (unpaired) electrons. The molecule has 0 bridgehead atoms. The molecule has 0 heterocycles. The molecule has 0 aromatic heterocycles. The number of rotatable bonds is 6. The Morgan fingerprint density at radius 1 is 1.39 bits per heavy atom. The molecule has 0 unspecified atom stereocenters. The highest BCUT2D eigenvalue weighted by atomic mass is 16.5. The minimum absolute atomic E-state index is 0.305. The van der Waals surface area contributed by atoms with E-state index in [0.29, 0.717) is 12.3 Å². The molecule has 98 valence electrons. The Hall–Kier alpha value is -1.84. The lowest BCUT2D eigenvalue weighted by atomic mass is 10.0. The van der Waals surface area contributed by atoms with Crippen LogP contribution >= 0.6 is 0 Å². The molecule has 18 heavy (non-hydrogen) atoms. The third kappa shape index (κ3) is 4.57. The summed E-state index contributed by atoms with van der Waals surface area (Å²) in [6, 6.07) is 6.65. The van der Waals surface area contributed by atoms with Crippen molar-refractivity contribution < 1.29 is 14.6 Å². The van der Waals surface area contributed by atoms with Gasteiger partial charge in [-0.1, -0.05) is 13.8 Å². The highest BCUT2D eigenvalue weighted by molar-refractivity contribution is 5.83. The van der Waals surface area contributed by atoms with E-state index in [1.807, 2.05) is 38.1 Å². The lowest BCUT2D eigenvalue weighted by Crippen LogP contribution is -2.20. The number of nitrogens with zero attached hydrogens (tertiary/aromatic N) is 1. The number of hydrogen-bond donors (Lipinski definition) is 1. The van der Waals surface area contributed by atoms with E-state index in [4.69, 9.17) is 9.84 Å². The Bertz CT molecular complexity index is 410. The fourth-order valence-electron chi connectivity index (χ4n) is 1.54. The van der Waals surface area contributed by atoms with Crippen molar-refractivity contribution in [3.8, 4) is 5.75 Å². The highest BCUT2D eigenvalue weighted by Crippen LogP contribution is 2.11. The van der Waals surface area contributed by atoms with Crippen LogP contribution in [0.3, 0.4) is 0 Å². The third-order valence-corrected chi connectivity index (χ3v) is 2.50. The zero-order valence-electron chi connectivity index (χ0n) is 11.0. The number of aliphatic carboxylic acids is 1. The third-order valence-electron chi connectivity index (χ3n) is 2.50. The molecule has 0 aliphatic rings. The van der Waals surface area contributed by atoms with Gasteiger partial charge in [-0.15, -0.1) is 0 Å². The Balaban J connectivity index is 2.72. The molecule has 4 heteroatoms. The molecule has 1 rings (SSSR count). The van der Waals surface area contributed by atoms with Gasteiger partial charge in [0.15, 0.2) is 0 Å². The molecule has 0 fully saturated rings. The smallest absolute Gasteiger partial charge is 0.328 e. The molecule has 4 nitrogen and oxygen atoms in total. The molecule has 0 saturated heterocycles. The Morgan fingerprint density at radius 3 is 2.44 bits per heavy atom. The van der Waals surface area contributed by atoms with Crippen LogP contribution in [0.1, 0.15) is 25.8 Å². The lowest BCUT2D eigenvalue weighted by molar-refractivity contribution is -0.138. The monoisotopic (exact) mass is 249 g/mol. The number of aliphatic imine (C=N–C) groups is 1. The van der Waals surface area contributed by atoms with Crippen molar-refractivity contribution in [1.29, 1.82) is 0 Å². The molecule has 1 atom stereocenters. The number of hydrogen-bond acceptors (Lipinski definition) is 3. The van der Waals surface area contributed by atoms with Crippen molar-refractivity contribution in [3.05, 3.63) is 29.8 Å². The normalized spacial score (nSPS) is 12.9. The van der Waals surface area contributed by atoms with Crippen molar-refractivity contribution >= 4 is 12.2 Å². The Labute approximate surface area is 107 Å². The first-order valence-electron chi connectivity index (χ1n) is 5.93. The summed E-state index contributed by atoms with van der Waals surface area (Å²) >= 11 is 0. The number of ether oxygens (including phenoxy) is 1. The van der Waals surface area contributed by atoms with Gasteiger partial charge in [-0.3, -0.25) is 4.99 Å². The number of methoxy groups -OCH3 is 1. The van der Waals surface area contributed by atoms with Crippen molar-refractivity contribution in [2.45, 2.75) is 26.3 Å². The number of carboxylic acid groups (broad SMARTS) is 1. The first kappa shape index (κ1) is 14.2. The van der Waals surface area contributed by atoms with Crippen molar-refractivity contribution in [2.75, 3.05) is 7.11 Å². The first-order valence-corrected chi connectivity index (χ1v) is 5.93. The largest absolute Gasteiger partial charge is 0.497 e. The van der Waals surface area contributed by atoms with Crippen LogP contribution in [-0.4, -0.2) is 30.4 Å². The number of carbonyl (C=O) groups is 1. The van der Waals surface area contributed by atoms with Crippen LogP contribution in [0.5, 0.6) is 5.75 Å². The van der Waals surface area contributed by atoms with Crippen LogP contribution in [0.4, 0.5) is 0 Å². The molecule has 0 aliphatic carbocycles. The summed E-state index contributed by atoms with van der Waals surface area (Å²) in [5.41, 5.74) is 0.866. The van der Waals surface area contributed by atoms with Gasteiger partial charge < -0.3 is 9.84 Å². The molecule has 0 saturated carbocycles. The Kier molecular flexibility index (Phi) is 5.36. The summed E-state index contributed by atoms with van der Waals surface area (Å²) in [6.45, 7) is 3.97. The van der Waals surface area contributed by atoms with Gasteiger partial charge in [0.2, 0.25) is 0 Å². The van der Waals surface area contributed by atoms with Gasteiger partial charge in [-0.2, -0.15) is 0 Å². The van der Waals surface area contributed by atoms with Gasteiger partial charge in [0, 0.05) is 6.21 Å². The second-order valence-corrected chi connectivity index (χ2v) is 4.53. The second kappa shape index (κ2) is 6.79. The predicted octanol–water partition coefficient (Wildman–Crippen LogP) is 2.61. The topological polar surface area (TPSA) is 58.9 Å². The van der Waals surface area contributed by atoms with E-state index in [1.54, 1.807) is 13.3 Å². The SMILES string of the molecule is COc1ccc(C=N[C@@H](CC(C)C)C(=O)O)cc1. The molecule has 0 amide bonds. The van der Waals surface area contributed by atoms with Gasteiger partial charge in [0.05, 0.1) is 7.11 Å². The zero-order chi connectivity index (χ0) is 13.5. The van der Waals surface area contributed by atoms with Crippen LogP contribution in [0, 0.1) is 5.92 Å². The molecule has 1 aromatic rings. The number of carboxylic acids is 1. The molecule has 1 N–H and O–H groups in total. The van der Waals surface area contributed by atoms with E-state index in [-0.39, 0.29) is 0 Å². The standard InChI is InChI=1S/C14H19NO3/c1-10(2)8-13(14(16)17)15-9-11-4-6-12(18-3)7-5-11/h4-7,9-10,13H,8H2,1-3H3,(H,16,17)/t13-/m0/s1. The van der Waals surface area contributed by atoms with Gasteiger partial charge in [0.1, 0.15) is 11.8 Å². The quantitative estimate of drug-likeness (QED) is 0.788. The highest BCUT2D eigenvalue weighted by Gasteiger charge is 2.16. The van der Waals surface area contributed by atoms with E-state index in [2.05, 4.69) is 4.99 Å². The van der Waals surface area contributed by atoms with Crippen molar-refractivity contribution in [1.82, 2.24) is 0 Å². The van der Waals surface area contributed by atoms with E-state index in [0.717, 1.165) is 11.3 Å². The summed E-state index contributed by atoms with van der Waals surface area (Å²) in [5.74, 6) is 0.191. The minimum atomic E-state index is -0.881. The maximum atomic E-state index is 11.0. The fraction of sp³-hybridized carbons (Fsp3) is 0.429. The molecule has 0 aliphatic heterocycles. The van der Waals surface area contributed by atoms with Gasteiger partial charge in [-0.05, 0) is 42.2 Å². The summed E-state index contributed by atoms with van der Waals surface area (Å²) in [6.07, 6.45) is 2.14. The van der Waals surface area contributed by atoms with Gasteiger partial charge >= 0.3 is 5.97 Å². The predicted molar refractivity (Wildman–Crippen MR) is 71.5 cm³/mol. The fourth-order valence-corrected chi connectivity index (χ4v) is 1.54. The van der Waals surface area contributed by atoms with E-state index in [9.17, 15) is 4.79 Å². The average Bonchev–Trinajstić information content (AvgIpc) is 2.34. The molecule has 1 aromatic carbocycles. The van der Waals surface area contributed by atoms with E-state index < -0.39 is 12.0 Å². The maximum Gasteiger partial charge on any atom is 0.328 e. The van der Waals surface area contributed by atoms with Crippen LogP contribution in [0.25, 0.3) is 0 Å². The maximum absolute atomic E-state index is 11.0. The van der Waals surface area contributed by atoms with E-state index >= 15 is 0 Å². The lowest BCUT2D eigenvalue weighted by Gasteiger charge is -2.09. The summed E-state index contributed by atoms with van der Waals surface area (Å²) < 4.78 is 5.05. The zero-order valence-corrected chi connectivity index (χ0v) is 11.0. The number of benzene rings is 1. The van der Waals surface area contributed by atoms with Gasteiger partial charge in [-0.25, -0.2) is 4.79 Å². The summed E-state index contributed by atoms with van der Waals surface area (Å²) in [7, 11) is 1.60. The second-order valence-electron chi connectivity index (χ2n) is 4.53. The summed E-state index contributed by atoms with van der Waals surface area (Å²) in [5, 5.41) is 9.05. The Morgan fingerprint density at radius 2 is 2.00 bits per heavy atom. The molecular weight excluding hydrogens is 230 g/mol. The summed E-state index contributed by atoms with van der Waals surface area (Å²) in [4.78, 5) is 15.1. The van der Waals surface area contributed by atoms with Crippen LogP contribution in [-0.2, 0) is 4.79 Å². The van der Waals surface area contributed by atoms with Crippen LogP contribution in [0.2, 0.25) is 0 Å². The minimum Gasteiger partial charge on any atom is -0.497 e. The van der Waals surface area contributed by atoms with Crippen molar-refractivity contribution in [2.24, 2.45) is 10.9 Å². The molecule has 0 spiro atoms. The van der Waals surface area contributed by atoms with E-state index in [1.165, 1.54) is 0 Å². The van der Waals surface area contributed by atoms with Crippen molar-refractivity contribution in [3.63, 3.8) is 0 Å².